The highest BCUT2D eigenvalue weighted by molar-refractivity contribution is 7.14. The Kier molecular flexibility index (Phi) is 5.83. The van der Waals surface area contributed by atoms with Crippen LogP contribution in [0.15, 0.2) is 12.1 Å². The lowest BCUT2D eigenvalue weighted by Crippen LogP contribution is -2.38. The molecule has 1 aromatic rings. The van der Waals surface area contributed by atoms with Gasteiger partial charge in [0, 0.05) is 31.1 Å². The molecule has 0 aromatic carbocycles. The lowest BCUT2D eigenvalue weighted by atomic mass is 10.2. The van der Waals surface area contributed by atoms with Crippen LogP contribution < -0.4 is 5.32 Å². The highest BCUT2D eigenvalue weighted by Crippen LogP contribution is 2.33. The summed E-state index contributed by atoms with van der Waals surface area (Å²) < 4.78 is 11.0. The number of hydrogen-bond acceptors (Lipinski definition) is 5. The maximum atomic E-state index is 12.1. The summed E-state index contributed by atoms with van der Waals surface area (Å²) in [5, 5.41) is 3.02. The Morgan fingerprint density at radius 2 is 2.18 bits per heavy atom. The third-order valence-electron chi connectivity index (χ3n) is 4.14. The summed E-state index contributed by atoms with van der Waals surface area (Å²) in [7, 11) is 0. The fourth-order valence-corrected chi connectivity index (χ4v) is 3.87. The molecule has 5 nitrogen and oxygen atoms in total. The molecule has 2 fully saturated rings. The minimum atomic E-state index is 0.0382. The zero-order valence-corrected chi connectivity index (χ0v) is 13.7. The normalized spacial score (nSPS) is 22.8. The van der Waals surface area contributed by atoms with Gasteiger partial charge in [0.2, 0.25) is 0 Å². The topological polar surface area (TPSA) is 50.8 Å². The van der Waals surface area contributed by atoms with Crippen molar-refractivity contribution in [2.75, 3.05) is 46.0 Å². The van der Waals surface area contributed by atoms with E-state index in [2.05, 4.69) is 10.2 Å². The SMILES string of the molecule is O=C(NCCCN1CCOCC1)c1ccc(C2CCCO2)s1. The molecular formula is C16H24N2O3S. The van der Waals surface area contributed by atoms with Gasteiger partial charge in [0.05, 0.1) is 24.2 Å². The summed E-state index contributed by atoms with van der Waals surface area (Å²) in [4.78, 5) is 16.5. The van der Waals surface area contributed by atoms with Crippen molar-refractivity contribution in [2.24, 2.45) is 0 Å². The first-order valence-corrected chi connectivity index (χ1v) is 8.94. The predicted octanol–water partition coefficient (Wildman–Crippen LogP) is 2.05. The molecule has 2 aliphatic heterocycles. The van der Waals surface area contributed by atoms with Crippen molar-refractivity contribution in [2.45, 2.75) is 25.4 Å². The number of carbonyl (C=O) groups excluding carboxylic acids is 1. The second kappa shape index (κ2) is 8.06. The smallest absolute Gasteiger partial charge is 0.261 e. The fraction of sp³-hybridized carbons (Fsp3) is 0.688. The highest BCUT2D eigenvalue weighted by atomic mass is 32.1. The summed E-state index contributed by atoms with van der Waals surface area (Å²) >= 11 is 1.56. The van der Waals surface area contributed by atoms with Gasteiger partial charge in [-0.3, -0.25) is 9.69 Å². The van der Waals surface area contributed by atoms with Gasteiger partial charge in [-0.15, -0.1) is 11.3 Å². The third kappa shape index (κ3) is 4.29. The Labute approximate surface area is 135 Å². The Bertz CT molecular complexity index is 479. The summed E-state index contributed by atoms with van der Waals surface area (Å²) in [6.07, 6.45) is 3.37. The molecule has 1 atom stereocenters. The molecule has 0 spiro atoms. The molecule has 1 aromatic heterocycles. The summed E-state index contributed by atoms with van der Waals surface area (Å²) in [5.41, 5.74) is 0. The molecule has 3 rings (SSSR count). The molecule has 1 N–H and O–H groups in total. The summed E-state index contributed by atoms with van der Waals surface area (Å²) in [6.45, 7) is 6.25. The van der Waals surface area contributed by atoms with Gasteiger partial charge in [-0.05, 0) is 37.9 Å². The average molecular weight is 324 g/mol. The molecule has 1 unspecified atom stereocenters. The first-order valence-electron chi connectivity index (χ1n) is 8.12. The van der Waals surface area contributed by atoms with Crippen LogP contribution in [0, 0.1) is 0 Å². The molecule has 0 bridgehead atoms. The van der Waals surface area contributed by atoms with E-state index in [1.807, 2.05) is 12.1 Å². The van der Waals surface area contributed by atoms with E-state index in [0.717, 1.165) is 70.1 Å². The highest BCUT2D eigenvalue weighted by Gasteiger charge is 2.20. The van der Waals surface area contributed by atoms with Crippen molar-refractivity contribution < 1.29 is 14.3 Å². The molecule has 1 amide bonds. The number of hydrogen-bond donors (Lipinski definition) is 1. The molecular weight excluding hydrogens is 300 g/mol. The first-order chi connectivity index (χ1) is 10.8. The van der Waals surface area contributed by atoms with E-state index in [1.54, 1.807) is 11.3 Å². The molecule has 2 saturated heterocycles. The van der Waals surface area contributed by atoms with E-state index in [1.165, 1.54) is 4.88 Å². The molecule has 0 aliphatic carbocycles. The second-order valence-corrected chi connectivity index (χ2v) is 6.88. The molecule has 0 radical (unpaired) electrons. The lowest BCUT2D eigenvalue weighted by molar-refractivity contribution is 0.0374. The van der Waals surface area contributed by atoms with Gasteiger partial charge in [0.15, 0.2) is 0 Å². The Balaban J connectivity index is 1.38. The van der Waals surface area contributed by atoms with Crippen LogP contribution in [0.2, 0.25) is 0 Å². The lowest BCUT2D eigenvalue weighted by Gasteiger charge is -2.26. The van der Waals surface area contributed by atoms with Gasteiger partial charge in [-0.2, -0.15) is 0 Å². The maximum Gasteiger partial charge on any atom is 0.261 e. The Hall–Kier alpha value is -0.950. The Morgan fingerprint density at radius 3 is 2.95 bits per heavy atom. The second-order valence-electron chi connectivity index (χ2n) is 5.77. The molecule has 3 heterocycles. The van der Waals surface area contributed by atoms with Crippen LogP contribution in [0.25, 0.3) is 0 Å². The minimum absolute atomic E-state index is 0.0382. The number of carbonyl (C=O) groups is 1. The number of thiophene rings is 1. The van der Waals surface area contributed by atoms with E-state index in [4.69, 9.17) is 9.47 Å². The number of morpholine rings is 1. The van der Waals surface area contributed by atoms with Gasteiger partial charge in [-0.25, -0.2) is 0 Å². The van der Waals surface area contributed by atoms with E-state index < -0.39 is 0 Å². The zero-order valence-electron chi connectivity index (χ0n) is 12.9. The van der Waals surface area contributed by atoms with Crippen molar-refractivity contribution in [1.29, 1.82) is 0 Å². The average Bonchev–Trinajstić information content (AvgIpc) is 3.22. The Morgan fingerprint density at radius 1 is 1.32 bits per heavy atom. The van der Waals surface area contributed by atoms with E-state index >= 15 is 0 Å². The zero-order chi connectivity index (χ0) is 15.2. The fourth-order valence-electron chi connectivity index (χ4n) is 2.87. The number of amides is 1. The van der Waals surface area contributed by atoms with Crippen molar-refractivity contribution >= 4 is 17.2 Å². The van der Waals surface area contributed by atoms with Gasteiger partial charge >= 0.3 is 0 Å². The first kappa shape index (κ1) is 15.9. The number of nitrogens with zero attached hydrogens (tertiary/aromatic N) is 1. The number of nitrogens with one attached hydrogen (secondary N) is 1. The molecule has 2 aliphatic rings. The number of rotatable bonds is 6. The van der Waals surface area contributed by atoms with Crippen LogP contribution in [-0.2, 0) is 9.47 Å². The monoisotopic (exact) mass is 324 g/mol. The summed E-state index contributed by atoms with van der Waals surface area (Å²) in [6, 6.07) is 3.95. The van der Waals surface area contributed by atoms with E-state index in [-0.39, 0.29) is 12.0 Å². The van der Waals surface area contributed by atoms with Crippen LogP contribution >= 0.6 is 11.3 Å². The van der Waals surface area contributed by atoms with E-state index in [9.17, 15) is 4.79 Å². The molecule has 122 valence electrons. The largest absolute Gasteiger partial charge is 0.379 e. The van der Waals surface area contributed by atoms with Gasteiger partial charge in [-0.1, -0.05) is 0 Å². The maximum absolute atomic E-state index is 12.1. The van der Waals surface area contributed by atoms with Gasteiger partial charge in [0.25, 0.3) is 5.91 Å². The van der Waals surface area contributed by atoms with Crippen LogP contribution in [0.1, 0.15) is 39.9 Å². The quantitative estimate of drug-likeness (QED) is 0.814. The molecule has 0 saturated carbocycles. The molecule has 22 heavy (non-hydrogen) atoms. The van der Waals surface area contributed by atoms with Crippen molar-refractivity contribution in [3.05, 3.63) is 21.9 Å². The third-order valence-corrected chi connectivity index (χ3v) is 5.31. The summed E-state index contributed by atoms with van der Waals surface area (Å²) in [5.74, 6) is 0.0382. The number of ether oxygens (including phenoxy) is 2. The van der Waals surface area contributed by atoms with Crippen molar-refractivity contribution in [1.82, 2.24) is 10.2 Å². The van der Waals surface area contributed by atoms with Crippen LogP contribution in [0.3, 0.4) is 0 Å². The van der Waals surface area contributed by atoms with Crippen molar-refractivity contribution in [3.63, 3.8) is 0 Å². The van der Waals surface area contributed by atoms with Crippen molar-refractivity contribution in [3.8, 4) is 0 Å². The standard InChI is InChI=1S/C16H24N2O3S/c19-16(17-6-2-7-18-8-11-20-12-9-18)15-5-4-14(22-15)13-3-1-10-21-13/h4-5,13H,1-3,6-12H2,(H,17,19). The van der Waals surface area contributed by atoms with E-state index in [0.29, 0.717) is 0 Å². The van der Waals surface area contributed by atoms with Gasteiger partial charge < -0.3 is 14.8 Å². The predicted molar refractivity (Wildman–Crippen MR) is 86.5 cm³/mol. The molecule has 6 heteroatoms. The minimum Gasteiger partial charge on any atom is -0.379 e. The van der Waals surface area contributed by atoms with Crippen LogP contribution in [0.4, 0.5) is 0 Å². The van der Waals surface area contributed by atoms with Gasteiger partial charge in [0.1, 0.15) is 0 Å². The van der Waals surface area contributed by atoms with Crippen LogP contribution in [0.5, 0.6) is 0 Å². The van der Waals surface area contributed by atoms with Crippen LogP contribution in [-0.4, -0.2) is 56.8 Å².